The van der Waals surface area contributed by atoms with E-state index in [1.807, 2.05) is 0 Å². The molecule has 0 saturated heterocycles. The van der Waals surface area contributed by atoms with Crippen molar-refractivity contribution >= 4 is 51.1 Å². The first kappa shape index (κ1) is 22.9. The molecule has 1 aliphatic carbocycles. The van der Waals surface area contributed by atoms with Gasteiger partial charge >= 0.3 is 0 Å². The van der Waals surface area contributed by atoms with E-state index in [1.54, 1.807) is 43.3 Å². The summed E-state index contributed by atoms with van der Waals surface area (Å²) in [6.45, 7) is 1.76. The monoisotopic (exact) mass is 487 g/mol. The third-order valence-electron chi connectivity index (χ3n) is 5.11. The number of benzene rings is 2. The molecule has 8 nitrogen and oxygen atoms in total. The average Bonchev–Trinajstić information content (AvgIpc) is 3.58. The van der Waals surface area contributed by atoms with Crippen molar-refractivity contribution in [3.63, 3.8) is 0 Å². The van der Waals surface area contributed by atoms with E-state index in [-0.39, 0.29) is 16.7 Å². The van der Waals surface area contributed by atoms with Gasteiger partial charge < -0.3 is 14.6 Å². The maximum atomic E-state index is 12.7. The van der Waals surface area contributed by atoms with Crippen molar-refractivity contribution in [2.75, 3.05) is 17.1 Å². The molecule has 33 heavy (non-hydrogen) atoms. The summed E-state index contributed by atoms with van der Waals surface area (Å²) >= 11 is 6.07. The Morgan fingerprint density at radius 2 is 1.91 bits per heavy atom. The zero-order chi connectivity index (χ0) is 23.6. The Morgan fingerprint density at radius 1 is 1.18 bits per heavy atom. The third-order valence-corrected chi connectivity index (χ3v) is 6.80. The standard InChI is InChI=1S/C23H22ClN3O5S/c1-14-22(25-23(28)16-6-7-16)21(32-26-14)11-5-15-3-9-18(10-4-15)33(29,30)27-17-8-12-20(31-2)19(24)13-17/h3-5,8-13,16,27H,6-7H2,1-2H3,(H,25,28)/b11-5-. The number of amides is 1. The van der Waals surface area contributed by atoms with E-state index in [2.05, 4.69) is 15.2 Å². The number of hydrogen-bond donors (Lipinski definition) is 2. The van der Waals surface area contributed by atoms with Crippen molar-refractivity contribution in [3.8, 4) is 5.75 Å². The molecular formula is C23H22ClN3O5S. The lowest BCUT2D eigenvalue weighted by Crippen LogP contribution is -2.14. The lowest BCUT2D eigenvalue weighted by molar-refractivity contribution is -0.117. The van der Waals surface area contributed by atoms with Gasteiger partial charge in [-0.25, -0.2) is 8.42 Å². The third kappa shape index (κ3) is 5.37. The van der Waals surface area contributed by atoms with E-state index in [0.717, 1.165) is 18.4 Å². The van der Waals surface area contributed by atoms with Crippen LogP contribution in [0, 0.1) is 12.8 Å². The summed E-state index contributed by atoms with van der Waals surface area (Å²) in [6, 6.07) is 10.9. The summed E-state index contributed by atoms with van der Waals surface area (Å²) < 4.78 is 38.3. The maximum absolute atomic E-state index is 12.7. The number of carbonyl (C=O) groups is 1. The fraction of sp³-hybridized carbons (Fsp3) is 0.217. The quantitative estimate of drug-likeness (QED) is 0.464. The molecule has 0 unspecified atom stereocenters. The fourth-order valence-corrected chi connectivity index (χ4v) is 4.40. The molecule has 1 aliphatic rings. The van der Waals surface area contributed by atoms with Crippen LogP contribution in [0.5, 0.6) is 5.75 Å². The summed E-state index contributed by atoms with van der Waals surface area (Å²) in [5, 5.41) is 7.09. The molecular weight excluding hydrogens is 466 g/mol. The Labute approximate surface area is 196 Å². The highest BCUT2D eigenvalue weighted by Gasteiger charge is 2.30. The molecule has 2 aromatic carbocycles. The van der Waals surface area contributed by atoms with Gasteiger partial charge in [0.1, 0.15) is 17.1 Å². The van der Waals surface area contributed by atoms with Crippen LogP contribution in [0.3, 0.4) is 0 Å². The lowest BCUT2D eigenvalue weighted by atomic mass is 10.2. The molecule has 1 aromatic heterocycles. The van der Waals surface area contributed by atoms with Gasteiger partial charge in [0.2, 0.25) is 5.91 Å². The van der Waals surface area contributed by atoms with E-state index in [0.29, 0.717) is 33.6 Å². The highest BCUT2D eigenvalue weighted by molar-refractivity contribution is 7.92. The van der Waals surface area contributed by atoms with Crippen molar-refractivity contribution in [1.82, 2.24) is 5.16 Å². The minimum Gasteiger partial charge on any atom is -0.495 e. The Balaban J connectivity index is 1.46. The number of sulfonamides is 1. The number of halogens is 1. The second-order valence-electron chi connectivity index (χ2n) is 7.63. The first-order valence-electron chi connectivity index (χ1n) is 10.2. The number of hydrogen-bond acceptors (Lipinski definition) is 6. The molecule has 1 saturated carbocycles. The van der Waals surface area contributed by atoms with Crippen molar-refractivity contribution < 1.29 is 22.5 Å². The van der Waals surface area contributed by atoms with Crippen LogP contribution in [0.4, 0.5) is 11.4 Å². The van der Waals surface area contributed by atoms with Crippen molar-refractivity contribution in [1.29, 1.82) is 0 Å². The highest BCUT2D eigenvalue weighted by atomic mass is 35.5. The summed E-state index contributed by atoms with van der Waals surface area (Å²) in [4.78, 5) is 12.2. The number of nitrogens with zero attached hydrogens (tertiary/aromatic N) is 1. The number of aromatic nitrogens is 1. The number of ether oxygens (including phenoxy) is 1. The van der Waals surface area contributed by atoms with Gasteiger partial charge in [-0.05, 0) is 61.7 Å². The number of methoxy groups -OCH3 is 1. The Bertz CT molecular complexity index is 1310. The zero-order valence-corrected chi connectivity index (χ0v) is 19.5. The van der Waals surface area contributed by atoms with Gasteiger partial charge in [-0.3, -0.25) is 9.52 Å². The summed E-state index contributed by atoms with van der Waals surface area (Å²) in [6.07, 6.45) is 5.23. The Morgan fingerprint density at radius 3 is 2.55 bits per heavy atom. The molecule has 0 bridgehead atoms. The largest absolute Gasteiger partial charge is 0.495 e. The topological polar surface area (TPSA) is 111 Å². The number of nitrogens with one attached hydrogen (secondary N) is 2. The van der Waals surface area contributed by atoms with Crippen LogP contribution < -0.4 is 14.8 Å². The van der Waals surface area contributed by atoms with Gasteiger partial charge in [0.25, 0.3) is 10.0 Å². The van der Waals surface area contributed by atoms with Crippen molar-refractivity contribution in [3.05, 3.63) is 64.5 Å². The number of aryl methyl sites for hydroxylation is 1. The molecule has 0 spiro atoms. The van der Waals surface area contributed by atoms with Gasteiger partial charge in [0.05, 0.1) is 22.7 Å². The van der Waals surface area contributed by atoms with Gasteiger partial charge in [-0.15, -0.1) is 0 Å². The van der Waals surface area contributed by atoms with Crippen LogP contribution in [0.25, 0.3) is 12.2 Å². The molecule has 0 atom stereocenters. The first-order valence-corrected chi connectivity index (χ1v) is 12.0. The SMILES string of the molecule is COc1ccc(NS(=O)(=O)c2ccc(/C=C\c3onc(C)c3NC(=O)C3CC3)cc2)cc1Cl. The predicted octanol–water partition coefficient (Wildman–Crippen LogP) is 4.96. The number of anilines is 2. The van der Waals surface area contributed by atoms with Crippen molar-refractivity contribution in [2.24, 2.45) is 5.92 Å². The smallest absolute Gasteiger partial charge is 0.261 e. The molecule has 2 N–H and O–H groups in total. The van der Waals surface area contributed by atoms with Crippen LogP contribution in [0.2, 0.25) is 5.02 Å². The summed E-state index contributed by atoms with van der Waals surface area (Å²) in [7, 11) is -2.32. The molecule has 0 radical (unpaired) electrons. The van der Waals surface area contributed by atoms with E-state index < -0.39 is 10.0 Å². The molecule has 0 aliphatic heterocycles. The summed E-state index contributed by atoms with van der Waals surface area (Å²) in [5.41, 5.74) is 2.21. The molecule has 1 amide bonds. The molecule has 3 aromatic rings. The van der Waals surface area contributed by atoms with Gasteiger partial charge in [0, 0.05) is 5.92 Å². The van der Waals surface area contributed by atoms with Crippen LogP contribution in [0.1, 0.15) is 29.9 Å². The maximum Gasteiger partial charge on any atom is 0.261 e. The minimum absolute atomic E-state index is 0.0313. The van der Waals surface area contributed by atoms with E-state index in [1.165, 1.54) is 25.3 Å². The fourth-order valence-electron chi connectivity index (χ4n) is 3.10. The Hall–Kier alpha value is -3.30. The van der Waals surface area contributed by atoms with Crippen LogP contribution in [0.15, 0.2) is 51.9 Å². The second kappa shape index (κ2) is 9.29. The van der Waals surface area contributed by atoms with Gasteiger partial charge in [-0.1, -0.05) is 35.0 Å². The Kier molecular flexibility index (Phi) is 6.44. The second-order valence-corrected chi connectivity index (χ2v) is 9.72. The van der Waals surface area contributed by atoms with E-state index >= 15 is 0 Å². The molecule has 10 heteroatoms. The molecule has 1 fully saturated rings. The number of rotatable bonds is 8. The number of carbonyl (C=O) groups excluding carboxylic acids is 1. The van der Waals surface area contributed by atoms with E-state index in [9.17, 15) is 13.2 Å². The average molecular weight is 488 g/mol. The van der Waals surface area contributed by atoms with Crippen LogP contribution in [-0.4, -0.2) is 26.6 Å². The van der Waals surface area contributed by atoms with Crippen LogP contribution >= 0.6 is 11.6 Å². The molecule has 4 rings (SSSR count). The van der Waals surface area contributed by atoms with Crippen LogP contribution in [-0.2, 0) is 14.8 Å². The first-order chi connectivity index (χ1) is 15.8. The minimum atomic E-state index is -3.80. The summed E-state index contributed by atoms with van der Waals surface area (Å²) in [5.74, 6) is 0.911. The molecule has 172 valence electrons. The van der Waals surface area contributed by atoms with Crippen molar-refractivity contribution in [2.45, 2.75) is 24.7 Å². The lowest BCUT2D eigenvalue weighted by Gasteiger charge is -2.10. The normalized spacial score (nSPS) is 13.8. The molecule has 1 heterocycles. The highest BCUT2D eigenvalue weighted by Crippen LogP contribution is 2.32. The van der Waals surface area contributed by atoms with E-state index in [4.69, 9.17) is 20.9 Å². The zero-order valence-electron chi connectivity index (χ0n) is 18.0. The van der Waals surface area contributed by atoms with Gasteiger partial charge in [0.15, 0.2) is 5.76 Å². The van der Waals surface area contributed by atoms with Gasteiger partial charge in [-0.2, -0.15) is 0 Å². The predicted molar refractivity (Wildman–Crippen MR) is 127 cm³/mol.